The van der Waals surface area contributed by atoms with Crippen molar-refractivity contribution in [2.24, 2.45) is 5.92 Å². The summed E-state index contributed by atoms with van der Waals surface area (Å²) in [5, 5.41) is 0. The molecule has 0 atom stereocenters. The number of aryl methyl sites for hydroxylation is 1. The lowest BCUT2D eigenvalue weighted by molar-refractivity contribution is -0.249. The average Bonchev–Trinajstić information content (AvgIpc) is 2.84. The molecule has 1 saturated carbocycles. The monoisotopic (exact) mass is 470 g/mol. The maximum Gasteiger partial charge on any atom is 0.386 e. The summed E-state index contributed by atoms with van der Waals surface area (Å²) in [7, 11) is 0. The summed E-state index contributed by atoms with van der Waals surface area (Å²) in [6, 6.07) is 12.0. The molecular formula is C30H37F3O. The van der Waals surface area contributed by atoms with E-state index in [1.54, 1.807) is 6.07 Å². The number of hydrogen-bond acceptors (Lipinski definition) is 1. The molecule has 0 aromatic heterocycles. The zero-order valence-corrected chi connectivity index (χ0v) is 20.2. The molecule has 2 aromatic carbocycles. The molecule has 0 radical (unpaired) electrons. The molecule has 4 heteroatoms. The zero-order valence-electron chi connectivity index (χ0n) is 20.2. The third kappa shape index (κ3) is 7.59. The summed E-state index contributed by atoms with van der Waals surface area (Å²) in [4.78, 5) is 0. The Hall–Kier alpha value is -2.33. The van der Waals surface area contributed by atoms with Crippen molar-refractivity contribution in [3.8, 4) is 0 Å². The number of allylic oxidation sites excluding steroid dienone is 3. The largest absolute Gasteiger partial charge is 0.386 e. The number of hydrogen-bond donors (Lipinski definition) is 0. The lowest BCUT2D eigenvalue weighted by atomic mass is 9.77. The highest BCUT2D eigenvalue weighted by Crippen LogP contribution is 2.39. The van der Waals surface area contributed by atoms with E-state index in [0.717, 1.165) is 56.1 Å². The molecule has 0 bridgehead atoms. The van der Waals surface area contributed by atoms with Gasteiger partial charge in [0.25, 0.3) is 0 Å². The van der Waals surface area contributed by atoms with Crippen molar-refractivity contribution in [2.75, 3.05) is 6.61 Å². The molecule has 2 aromatic rings. The van der Waals surface area contributed by atoms with Crippen LogP contribution in [0.25, 0.3) is 0 Å². The van der Waals surface area contributed by atoms with Gasteiger partial charge in [0.05, 0.1) is 12.2 Å². The summed E-state index contributed by atoms with van der Waals surface area (Å²) in [6.07, 6.45) is 11.1. The first-order chi connectivity index (χ1) is 16.4. The van der Waals surface area contributed by atoms with E-state index in [0.29, 0.717) is 12.3 Å². The maximum atomic E-state index is 14.7. The highest BCUT2D eigenvalue weighted by atomic mass is 19.3. The molecule has 0 aliphatic heterocycles. The van der Waals surface area contributed by atoms with E-state index >= 15 is 0 Å². The van der Waals surface area contributed by atoms with Gasteiger partial charge in [-0.2, -0.15) is 8.78 Å². The van der Waals surface area contributed by atoms with Gasteiger partial charge in [-0.25, -0.2) is 4.39 Å². The minimum atomic E-state index is -3.66. The molecule has 0 spiro atoms. The van der Waals surface area contributed by atoms with Crippen LogP contribution in [0.1, 0.15) is 80.0 Å². The smallest absolute Gasteiger partial charge is 0.316 e. The first-order valence-corrected chi connectivity index (χ1v) is 12.5. The maximum absolute atomic E-state index is 14.7. The molecule has 184 valence electrons. The van der Waals surface area contributed by atoms with Gasteiger partial charge in [-0.1, -0.05) is 48.6 Å². The number of ether oxygens (including phenoxy) is 1. The van der Waals surface area contributed by atoms with E-state index in [2.05, 4.69) is 18.7 Å². The molecule has 34 heavy (non-hydrogen) atoms. The van der Waals surface area contributed by atoms with E-state index in [1.165, 1.54) is 24.1 Å². The van der Waals surface area contributed by atoms with Crippen LogP contribution in [0.4, 0.5) is 13.2 Å². The van der Waals surface area contributed by atoms with Gasteiger partial charge in [0.15, 0.2) is 0 Å². The predicted octanol–water partition coefficient (Wildman–Crippen LogP) is 8.88. The Labute approximate surface area is 202 Å². The second kappa shape index (κ2) is 12.9. The van der Waals surface area contributed by atoms with Crippen molar-refractivity contribution >= 4 is 0 Å². The Kier molecular flexibility index (Phi) is 10.0. The van der Waals surface area contributed by atoms with Gasteiger partial charge in [-0.05, 0) is 105 Å². The minimum Gasteiger partial charge on any atom is -0.316 e. The fraction of sp³-hybridized carbons (Fsp3) is 0.467. The Morgan fingerprint density at radius 1 is 0.971 bits per heavy atom. The van der Waals surface area contributed by atoms with Crippen LogP contribution < -0.4 is 0 Å². The molecule has 1 nitrogen and oxygen atoms in total. The van der Waals surface area contributed by atoms with E-state index < -0.39 is 17.5 Å². The van der Waals surface area contributed by atoms with E-state index in [9.17, 15) is 13.2 Å². The van der Waals surface area contributed by atoms with Gasteiger partial charge in [-0.3, -0.25) is 0 Å². The standard InChI is InChI=1S/C30H37F3O/c1-3-5-7-9-24-14-16-26(17-15-24)27-18-19-28(29(31)22-27)30(32,33)34-21-20-25-12-10-23(11-13-25)8-6-4-2/h3-5,10-13,18-19,22,24,26H,2,6-9,14-17,20-21H2,1H3/b5-3+/t24-,26-. The third-order valence-electron chi connectivity index (χ3n) is 6.94. The van der Waals surface area contributed by atoms with Crippen molar-refractivity contribution in [3.63, 3.8) is 0 Å². The molecule has 1 fully saturated rings. The quantitative estimate of drug-likeness (QED) is 0.281. The molecule has 0 saturated heterocycles. The molecule has 0 heterocycles. The Balaban J connectivity index is 1.51. The topological polar surface area (TPSA) is 9.23 Å². The van der Waals surface area contributed by atoms with Gasteiger partial charge in [0.1, 0.15) is 5.82 Å². The second-order valence-corrected chi connectivity index (χ2v) is 9.36. The third-order valence-corrected chi connectivity index (χ3v) is 6.94. The predicted molar refractivity (Wildman–Crippen MR) is 134 cm³/mol. The lowest BCUT2D eigenvalue weighted by Crippen LogP contribution is -2.22. The summed E-state index contributed by atoms with van der Waals surface area (Å²) in [5.41, 5.74) is 2.23. The van der Waals surface area contributed by atoms with Gasteiger partial charge in [-0.15, -0.1) is 6.58 Å². The molecule has 0 unspecified atom stereocenters. The minimum absolute atomic E-state index is 0.183. The first-order valence-electron chi connectivity index (χ1n) is 12.5. The number of alkyl halides is 2. The van der Waals surface area contributed by atoms with Crippen LogP contribution in [0.15, 0.2) is 67.3 Å². The summed E-state index contributed by atoms with van der Waals surface area (Å²) in [6.45, 7) is 5.57. The molecular weight excluding hydrogens is 433 g/mol. The van der Waals surface area contributed by atoms with Crippen molar-refractivity contribution < 1.29 is 17.9 Å². The van der Waals surface area contributed by atoms with Crippen LogP contribution in [0.5, 0.6) is 0 Å². The van der Waals surface area contributed by atoms with Gasteiger partial charge in [0, 0.05) is 0 Å². The first kappa shape index (κ1) is 26.3. The summed E-state index contributed by atoms with van der Waals surface area (Å²) in [5.74, 6) is 0.0624. The normalized spacial score (nSPS) is 18.9. The summed E-state index contributed by atoms with van der Waals surface area (Å²) < 4.78 is 48.8. The number of rotatable bonds is 12. The second-order valence-electron chi connectivity index (χ2n) is 9.36. The van der Waals surface area contributed by atoms with E-state index in [1.807, 2.05) is 37.3 Å². The van der Waals surface area contributed by atoms with Crippen molar-refractivity contribution in [2.45, 2.75) is 76.7 Å². The van der Waals surface area contributed by atoms with Crippen LogP contribution in [-0.2, 0) is 23.7 Å². The highest BCUT2D eigenvalue weighted by Gasteiger charge is 2.36. The number of benzene rings is 2. The van der Waals surface area contributed by atoms with Crippen LogP contribution in [-0.4, -0.2) is 6.61 Å². The summed E-state index contributed by atoms with van der Waals surface area (Å²) >= 11 is 0. The van der Waals surface area contributed by atoms with Crippen LogP contribution >= 0.6 is 0 Å². The number of halogens is 3. The molecule has 3 rings (SSSR count). The fourth-order valence-electron chi connectivity index (χ4n) is 4.82. The average molecular weight is 471 g/mol. The van der Waals surface area contributed by atoms with E-state index in [4.69, 9.17) is 4.74 Å². The van der Waals surface area contributed by atoms with Gasteiger partial charge < -0.3 is 4.74 Å². The van der Waals surface area contributed by atoms with Crippen LogP contribution in [0, 0.1) is 11.7 Å². The SMILES string of the molecule is C=CCCc1ccc(CCOC(F)(F)c2ccc([C@H]3CC[C@H](CC/C=C/C)CC3)cc2F)cc1. The lowest BCUT2D eigenvalue weighted by Gasteiger charge is -2.29. The Morgan fingerprint density at radius 2 is 1.65 bits per heavy atom. The highest BCUT2D eigenvalue weighted by molar-refractivity contribution is 5.29. The van der Waals surface area contributed by atoms with Crippen molar-refractivity contribution in [3.05, 3.63) is 95.3 Å². The Morgan fingerprint density at radius 3 is 2.26 bits per heavy atom. The van der Waals surface area contributed by atoms with Crippen LogP contribution in [0.2, 0.25) is 0 Å². The van der Waals surface area contributed by atoms with Crippen LogP contribution in [0.3, 0.4) is 0 Å². The molecule has 0 amide bonds. The van der Waals surface area contributed by atoms with Gasteiger partial charge in [0.2, 0.25) is 0 Å². The van der Waals surface area contributed by atoms with E-state index in [-0.39, 0.29) is 12.5 Å². The molecule has 1 aliphatic carbocycles. The zero-order chi connectivity index (χ0) is 24.4. The molecule has 0 N–H and O–H groups in total. The van der Waals surface area contributed by atoms with Crippen molar-refractivity contribution in [1.82, 2.24) is 0 Å². The van der Waals surface area contributed by atoms with Gasteiger partial charge >= 0.3 is 6.11 Å². The Bertz CT molecular complexity index is 925. The molecule has 1 aliphatic rings. The van der Waals surface area contributed by atoms with Crippen molar-refractivity contribution in [1.29, 1.82) is 0 Å². The fourth-order valence-corrected chi connectivity index (χ4v) is 4.82.